The van der Waals surface area contributed by atoms with E-state index in [9.17, 15) is 4.79 Å². The zero-order valence-corrected chi connectivity index (χ0v) is 13.2. The summed E-state index contributed by atoms with van der Waals surface area (Å²) in [6.07, 6.45) is 3.14. The van der Waals surface area contributed by atoms with Gasteiger partial charge in [-0.15, -0.1) is 0 Å². The van der Waals surface area contributed by atoms with Gasteiger partial charge in [-0.05, 0) is 38.3 Å². The lowest BCUT2D eigenvalue weighted by Gasteiger charge is -2.36. The number of carbonyl (C=O) groups is 1. The second-order valence-electron chi connectivity index (χ2n) is 5.98. The molecule has 0 aromatic heterocycles. The maximum atomic E-state index is 12.3. The fourth-order valence-corrected chi connectivity index (χ4v) is 2.50. The largest absolute Gasteiger partial charge is 0.382 e. The summed E-state index contributed by atoms with van der Waals surface area (Å²) in [6.45, 7) is 8.69. The predicted octanol–water partition coefficient (Wildman–Crippen LogP) is 1.18. The van der Waals surface area contributed by atoms with Crippen LogP contribution in [0.3, 0.4) is 0 Å². The highest BCUT2D eigenvalue weighted by atomic mass is 16.5. The number of rotatable bonds is 9. The lowest BCUT2D eigenvalue weighted by molar-refractivity contribution is -0.132. The van der Waals surface area contributed by atoms with Gasteiger partial charge in [0.15, 0.2) is 0 Å². The first kappa shape index (κ1) is 17.4. The number of piperidine rings is 1. The van der Waals surface area contributed by atoms with Gasteiger partial charge in [-0.2, -0.15) is 0 Å². The average molecular weight is 286 g/mol. The van der Waals surface area contributed by atoms with Crippen LogP contribution in [-0.4, -0.2) is 52.5 Å². The quantitative estimate of drug-likeness (QED) is 0.625. The fraction of sp³-hybridized carbons (Fsp3) is 0.933. The molecule has 118 valence electrons. The van der Waals surface area contributed by atoms with Crippen molar-refractivity contribution in [2.75, 3.05) is 46.6 Å². The third-order valence-corrected chi connectivity index (χ3v) is 4.09. The number of hydrogen-bond acceptors (Lipinski definition) is 4. The lowest BCUT2D eigenvalue weighted by atomic mass is 9.74. The van der Waals surface area contributed by atoms with Crippen LogP contribution in [0.5, 0.6) is 0 Å². The minimum absolute atomic E-state index is 0.156. The van der Waals surface area contributed by atoms with Crippen molar-refractivity contribution in [3.8, 4) is 0 Å². The first-order valence-corrected chi connectivity index (χ1v) is 7.64. The molecule has 20 heavy (non-hydrogen) atoms. The number of carbonyl (C=O) groups excluding carboxylic acids is 1. The molecule has 2 N–H and O–H groups in total. The van der Waals surface area contributed by atoms with Gasteiger partial charge >= 0.3 is 0 Å². The van der Waals surface area contributed by atoms with E-state index >= 15 is 0 Å². The molecule has 1 atom stereocenters. The highest BCUT2D eigenvalue weighted by Gasteiger charge is 2.36. The molecule has 5 nitrogen and oxygen atoms in total. The standard InChI is InChI=1S/C15H30N2O3/c1-15(2,13-6-4-7-16-12-13)14(18)17-8-5-9-20-11-10-19-3/h13,16H,4-12H2,1-3H3,(H,17,18). The monoisotopic (exact) mass is 286 g/mol. The third kappa shape index (κ3) is 5.77. The van der Waals surface area contributed by atoms with E-state index in [4.69, 9.17) is 9.47 Å². The molecule has 0 saturated carbocycles. The van der Waals surface area contributed by atoms with Crippen LogP contribution in [0.15, 0.2) is 0 Å². The van der Waals surface area contributed by atoms with Gasteiger partial charge in [0, 0.05) is 25.7 Å². The molecule has 0 radical (unpaired) electrons. The fourth-order valence-electron chi connectivity index (χ4n) is 2.50. The van der Waals surface area contributed by atoms with Crippen molar-refractivity contribution >= 4 is 5.91 Å². The molecule has 1 saturated heterocycles. The van der Waals surface area contributed by atoms with Crippen molar-refractivity contribution in [3.63, 3.8) is 0 Å². The van der Waals surface area contributed by atoms with E-state index in [0.717, 1.165) is 32.4 Å². The molecule has 1 aliphatic rings. The van der Waals surface area contributed by atoms with Crippen LogP contribution in [0.2, 0.25) is 0 Å². The van der Waals surface area contributed by atoms with Crippen molar-refractivity contribution in [3.05, 3.63) is 0 Å². The molecule has 0 bridgehead atoms. The van der Waals surface area contributed by atoms with Crippen LogP contribution < -0.4 is 10.6 Å². The van der Waals surface area contributed by atoms with E-state index in [1.807, 2.05) is 0 Å². The number of nitrogens with one attached hydrogen (secondary N) is 2. The van der Waals surface area contributed by atoms with Crippen molar-refractivity contribution in [1.29, 1.82) is 0 Å². The normalized spacial score (nSPS) is 19.9. The summed E-state index contributed by atoms with van der Waals surface area (Å²) in [5, 5.41) is 6.41. The van der Waals surface area contributed by atoms with E-state index in [-0.39, 0.29) is 11.3 Å². The van der Waals surface area contributed by atoms with Crippen LogP contribution in [0.4, 0.5) is 0 Å². The molecule has 0 aromatic carbocycles. The number of ether oxygens (including phenoxy) is 2. The third-order valence-electron chi connectivity index (χ3n) is 4.09. The second kappa shape index (κ2) is 9.32. The van der Waals surface area contributed by atoms with Gasteiger partial charge in [0.25, 0.3) is 0 Å². The zero-order valence-electron chi connectivity index (χ0n) is 13.2. The van der Waals surface area contributed by atoms with Crippen LogP contribution in [0.25, 0.3) is 0 Å². The molecule has 1 unspecified atom stereocenters. The molecule has 1 fully saturated rings. The van der Waals surface area contributed by atoms with E-state index in [1.165, 1.54) is 0 Å². The Morgan fingerprint density at radius 3 is 2.80 bits per heavy atom. The molecule has 1 aliphatic heterocycles. The van der Waals surface area contributed by atoms with Crippen molar-refractivity contribution in [1.82, 2.24) is 10.6 Å². The Balaban J connectivity index is 2.17. The van der Waals surface area contributed by atoms with Crippen LogP contribution in [0, 0.1) is 11.3 Å². The van der Waals surface area contributed by atoms with Gasteiger partial charge < -0.3 is 20.1 Å². The van der Waals surface area contributed by atoms with Gasteiger partial charge in [-0.3, -0.25) is 4.79 Å². The Bertz CT molecular complexity index is 276. The molecule has 0 aromatic rings. The first-order chi connectivity index (χ1) is 9.59. The van der Waals surface area contributed by atoms with E-state index < -0.39 is 0 Å². The minimum atomic E-state index is -0.301. The molecule has 1 amide bonds. The molecular weight excluding hydrogens is 256 g/mol. The molecule has 1 heterocycles. The summed E-state index contributed by atoms with van der Waals surface area (Å²) in [7, 11) is 1.66. The smallest absolute Gasteiger partial charge is 0.225 e. The SMILES string of the molecule is COCCOCCCNC(=O)C(C)(C)C1CCCNC1. The molecule has 0 spiro atoms. The summed E-state index contributed by atoms with van der Waals surface area (Å²) in [4.78, 5) is 12.3. The van der Waals surface area contributed by atoms with Gasteiger partial charge in [-0.1, -0.05) is 13.8 Å². The Labute approximate surface area is 122 Å². The van der Waals surface area contributed by atoms with Gasteiger partial charge in [0.1, 0.15) is 0 Å². The van der Waals surface area contributed by atoms with Crippen molar-refractivity contribution in [2.45, 2.75) is 33.1 Å². The summed E-state index contributed by atoms with van der Waals surface area (Å²) in [6, 6.07) is 0. The highest BCUT2D eigenvalue weighted by molar-refractivity contribution is 5.82. The van der Waals surface area contributed by atoms with Crippen LogP contribution >= 0.6 is 0 Å². The summed E-state index contributed by atoms with van der Waals surface area (Å²) in [5.74, 6) is 0.581. The van der Waals surface area contributed by atoms with Crippen molar-refractivity contribution < 1.29 is 14.3 Å². The average Bonchev–Trinajstić information content (AvgIpc) is 2.47. The summed E-state index contributed by atoms with van der Waals surface area (Å²) >= 11 is 0. The number of hydrogen-bond donors (Lipinski definition) is 2. The Morgan fingerprint density at radius 1 is 1.35 bits per heavy atom. The highest BCUT2D eigenvalue weighted by Crippen LogP contribution is 2.31. The van der Waals surface area contributed by atoms with Crippen LogP contribution in [-0.2, 0) is 14.3 Å². The maximum absolute atomic E-state index is 12.3. The molecular formula is C15H30N2O3. The predicted molar refractivity (Wildman–Crippen MR) is 79.7 cm³/mol. The minimum Gasteiger partial charge on any atom is -0.382 e. The summed E-state index contributed by atoms with van der Waals surface area (Å²) < 4.78 is 10.3. The topological polar surface area (TPSA) is 59.6 Å². The number of methoxy groups -OCH3 is 1. The Hall–Kier alpha value is -0.650. The maximum Gasteiger partial charge on any atom is 0.225 e. The first-order valence-electron chi connectivity index (χ1n) is 7.64. The Kier molecular flexibility index (Phi) is 8.11. The number of amides is 1. The van der Waals surface area contributed by atoms with Gasteiger partial charge in [-0.25, -0.2) is 0 Å². The second-order valence-corrected chi connectivity index (χ2v) is 5.98. The summed E-state index contributed by atoms with van der Waals surface area (Å²) in [5.41, 5.74) is -0.301. The lowest BCUT2D eigenvalue weighted by Crippen LogP contribution is -2.47. The van der Waals surface area contributed by atoms with Crippen LogP contribution in [0.1, 0.15) is 33.1 Å². The van der Waals surface area contributed by atoms with E-state index in [0.29, 0.717) is 32.3 Å². The Morgan fingerprint density at radius 2 is 2.15 bits per heavy atom. The zero-order chi connectivity index (χ0) is 14.8. The van der Waals surface area contributed by atoms with E-state index in [1.54, 1.807) is 7.11 Å². The molecule has 0 aliphatic carbocycles. The molecule has 5 heteroatoms. The van der Waals surface area contributed by atoms with Gasteiger partial charge in [0.2, 0.25) is 5.91 Å². The van der Waals surface area contributed by atoms with Crippen molar-refractivity contribution in [2.24, 2.45) is 11.3 Å². The van der Waals surface area contributed by atoms with Gasteiger partial charge in [0.05, 0.1) is 13.2 Å². The molecule has 1 rings (SSSR count). The van der Waals surface area contributed by atoms with E-state index in [2.05, 4.69) is 24.5 Å².